The lowest BCUT2D eigenvalue weighted by atomic mass is 10.1. The van der Waals surface area contributed by atoms with E-state index >= 15 is 0 Å². The third-order valence-corrected chi connectivity index (χ3v) is 5.65. The van der Waals surface area contributed by atoms with Crippen LogP contribution in [0.2, 0.25) is 5.02 Å². The molecule has 0 aliphatic rings. The molecule has 0 saturated carbocycles. The maximum atomic E-state index is 12.3. The number of nitrogens with one attached hydrogen (secondary N) is 1. The number of sulfonamides is 1. The molecular formula is C16H16ClN3O5S. The lowest BCUT2D eigenvalue weighted by Crippen LogP contribution is -2.22. The van der Waals surface area contributed by atoms with Crippen molar-refractivity contribution in [1.82, 2.24) is 4.31 Å². The van der Waals surface area contributed by atoms with Crippen LogP contribution in [-0.2, 0) is 10.0 Å². The number of halogens is 1. The fourth-order valence-corrected chi connectivity index (χ4v) is 3.29. The van der Waals surface area contributed by atoms with Gasteiger partial charge in [-0.3, -0.25) is 14.9 Å². The van der Waals surface area contributed by atoms with Crippen LogP contribution in [0, 0.1) is 10.1 Å². The first-order valence-electron chi connectivity index (χ1n) is 7.36. The lowest BCUT2D eigenvalue weighted by Gasteiger charge is -2.12. The number of carbonyl (C=O) groups is 1. The number of hydrogen-bond acceptors (Lipinski definition) is 6. The van der Waals surface area contributed by atoms with Gasteiger partial charge in [-0.2, -0.15) is 0 Å². The number of nitro benzene ring substituents is 1. The molecule has 138 valence electrons. The fraction of sp³-hybridized carbons (Fsp3) is 0.188. The van der Waals surface area contributed by atoms with Gasteiger partial charge in [0.15, 0.2) is 5.78 Å². The standard InChI is InChI=1S/C16H16ClN3O5S/c1-19(2)26(24,25)13-5-3-4-11(8-13)16(21)10-18-12-6-7-15(20(22)23)14(17)9-12/h3-9,18H,10H2,1-2H3. The molecule has 10 heteroatoms. The first kappa shape index (κ1) is 19.8. The molecule has 0 unspecified atom stereocenters. The molecule has 0 heterocycles. The first-order valence-corrected chi connectivity index (χ1v) is 9.18. The topological polar surface area (TPSA) is 110 Å². The second-order valence-corrected chi connectivity index (χ2v) is 8.07. The van der Waals surface area contributed by atoms with Crippen LogP contribution in [0.15, 0.2) is 47.4 Å². The molecule has 2 aromatic carbocycles. The van der Waals surface area contributed by atoms with E-state index in [0.29, 0.717) is 5.69 Å². The summed E-state index contributed by atoms with van der Waals surface area (Å²) in [6.07, 6.45) is 0. The van der Waals surface area contributed by atoms with Crippen LogP contribution in [0.1, 0.15) is 10.4 Å². The summed E-state index contributed by atoms with van der Waals surface area (Å²) < 4.78 is 25.3. The summed E-state index contributed by atoms with van der Waals surface area (Å²) in [7, 11) is -0.826. The van der Waals surface area contributed by atoms with E-state index in [4.69, 9.17) is 11.6 Å². The number of anilines is 1. The molecule has 0 fully saturated rings. The molecule has 0 aliphatic heterocycles. The molecule has 2 aromatic rings. The Morgan fingerprint density at radius 1 is 1.23 bits per heavy atom. The van der Waals surface area contributed by atoms with Crippen LogP contribution >= 0.6 is 11.6 Å². The summed E-state index contributed by atoms with van der Waals surface area (Å²) in [5, 5.41) is 13.5. The Bertz CT molecular complexity index is 960. The van der Waals surface area contributed by atoms with Gasteiger partial charge in [-0.05, 0) is 24.3 Å². The average molecular weight is 398 g/mol. The van der Waals surface area contributed by atoms with E-state index < -0.39 is 14.9 Å². The summed E-state index contributed by atoms with van der Waals surface area (Å²) in [5.41, 5.74) is 0.435. The van der Waals surface area contributed by atoms with Gasteiger partial charge in [-0.25, -0.2) is 12.7 Å². The highest BCUT2D eigenvalue weighted by Crippen LogP contribution is 2.27. The Morgan fingerprint density at radius 3 is 2.50 bits per heavy atom. The molecule has 0 atom stereocenters. The molecule has 2 rings (SSSR count). The molecule has 0 bridgehead atoms. The minimum Gasteiger partial charge on any atom is -0.378 e. The Labute approximate surface area is 155 Å². The first-order chi connectivity index (χ1) is 12.1. The second-order valence-electron chi connectivity index (χ2n) is 5.52. The Kier molecular flexibility index (Phi) is 5.96. The maximum Gasteiger partial charge on any atom is 0.288 e. The molecule has 8 nitrogen and oxygen atoms in total. The molecule has 0 spiro atoms. The molecule has 0 amide bonds. The van der Waals surface area contributed by atoms with Crippen molar-refractivity contribution in [2.45, 2.75) is 4.90 Å². The normalized spacial score (nSPS) is 11.4. The van der Waals surface area contributed by atoms with Crippen molar-refractivity contribution >= 4 is 38.8 Å². The van der Waals surface area contributed by atoms with Crippen molar-refractivity contribution in [3.05, 3.63) is 63.2 Å². The zero-order valence-corrected chi connectivity index (χ0v) is 15.5. The SMILES string of the molecule is CN(C)S(=O)(=O)c1cccc(C(=O)CNc2ccc([N+](=O)[O-])c(Cl)c2)c1. The van der Waals surface area contributed by atoms with Crippen molar-refractivity contribution in [3.63, 3.8) is 0 Å². The molecule has 0 aromatic heterocycles. The van der Waals surface area contributed by atoms with E-state index in [1.165, 1.54) is 56.6 Å². The zero-order valence-electron chi connectivity index (χ0n) is 14.0. The van der Waals surface area contributed by atoms with Crippen molar-refractivity contribution < 1.29 is 18.1 Å². The van der Waals surface area contributed by atoms with Crippen molar-refractivity contribution in [3.8, 4) is 0 Å². The predicted octanol–water partition coefficient (Wildman–Crippen LogP) is 2.79. The quantitative estimate of drug-likeness (QED) is 0.437. The fourth-order valence-electron chi connectivity index (χ4n) is 2.09. The second kappa shape index (κ2) is 7.81. The maximum absolute atomic E-state index is 12.3. The number of nitro groups is 1. The van der Waals surface area contributed by atoms with Crippen LogP contribution in [0.3, 0.4) is 0 Å². The van der Waals surface area contributed by atoms with Crippen molar-refractivity contribution in [2.75, 3.05) is 26.0 Å². The van der Waals surface area contributed by atoms with Gasteiger partial charge in [0.05, 0.1) is 16.4 Å². The highest BCUT2D eigenvalue weighted by atomic mass is 35.5. The highest BCUT2D eigenvalue weighted by Gasteiger charge is 2.19. The molecule has 0 aliphatic carbocycles. The van der Waals surface area contributed by atoms with E-state index in [2.05, 4.69) is 5.32 Å². The molecular weight excluding hydrogens is 382 g/mol. The average Bonchev–Trinajstić information content (AvgIpc) is 2.59. The summed E-state index contributed by atoms with van der Waals surface area (Å²) in [6, 6.07) is 9.75. The van der Waals surface area contributed by atoms with Gasteiger partial charge < -0.3 is 5.32 Å². The largest absolute Gasteiger partial charge is 0.378 e. The van der Waals surface area contributed by atoms with Gasteiger partial charge >= 0.3 is 0 Å². The molecule has 26 heavy (non-hydrogen) atoms. The van der Waals surface area contributed by atoms with Crippen LogP contribution in [-0.4, -0.2) is 44.1 Å². The molecule has 0 saturated heterocycles. The van der Waals surface area contributed by atoms with Gasteiger partial charge in [0, 0.05) is 31.4 Å². The lowest BCUT2D eigenvalue weighted by molar-refractivity contribution is -0.384. The number of rotatable bonds is 7. The minimum atomic E-state index is -3.64. The van der Waals surface area contributed by atoms with Crippen LogP contribution in [0.4, 0.5) is 11.4 Å². The number of hydrogen-bond donors (Lipinski definition) is 1. The highest BCUT2D eigenvalue weighted by molar-refractivity contribution is 7.89. The van der Waals surface area contributed by atoms with Crippen LogP contribution < -0.4 is 5.32 Å². The summed E-state index contributed by atoms with van der Waals surface area (Å²) in [4.78, 5) is 22.5. The Hall–Kier alpha value is -2.49. The van der Waals surface area contributed by atoms with Crippen LogP contribution in [0.5, 0.6) is 0 Å². The summed E-state index contributed by atoms with van der Waals surface area (Å²) >= 11 is 5.82. The van der Waals surface area contributed by atoms with E-state index in [-0.39, 0.29) is 33.5 Å². The number of ketones is 1. The predicted molar refractivity (Wildman–Crippen MR) is 98.2 cm³/mol. The third-order valence-electron chi connectivity index (χ3n) is 3.53. The van der Waals surface area contributed by atoms with E-state index in [1.807, 2.05) is 0 Å². The van der Waals surface area contributed by atoms with E-state index in [9.17, 15) is 23.3 Å². The summed E-state index contributed by atoms with van der Waals surface area (Å²) in [5.74, 6) is -0.338. The number of carbonyl (C=O) groups excluding carboxylic acids is 1. The van der Waals surface area contributed by atoms with Crippen molar-refractivity contribution in [2.24, 2.45) is 0 Å². The minimum absolute atomic E-state index is 0.0201. The molecule has 1 N–H and O–H groups in total. The zero-order chi connectivity index (χ0) is 19.5. The van der Waals surface area contributed by atoms with E-state index in [1.54, 1.807) is 0 Å². The Balaban J connectivity index is 2.14. The van der Waals surface area contributed by atoms with Gasteiger partial charge in [0.25, 0.3) is 5.69 Å². The van der Waals surface area contributed by atoms with Crippen LogP contribution in [0.25, 0.3) is 0 Å². The molecule has 0 radical (unpaired) electrons. The number of benzene rings is 2. The smallest absolute Gasteiger partial charge is 0.288 e. The van der Waals surface area contributed by atoms with Gasteiger partial charge in [0.1, 0.15) is 5.02 Å². The van der Waals surface area contributed by atoms with Gasteiger partial charge in [0.2, 0.25) is 10.0 Å². The monoisotopic (exact) mass is 397 g/mol. The van der Waals surface area contributed by atoms with Crippen molar-refractivity contribution in [1.29, 1.82) is 0 Å². The Morgan fingerprint density at radius 2 is 1.92 bits per heavy atom. The summed E-state index contributed by atoms with van der Waals surface area (Å²) in [6.45, 7) is -0.125. The number of nitrogens with zero attached hydrogens (tertiary/aromatic N) is 2. The van der Waals surface area contributed by atoms with Gasteiger partial charge in [-0.15, -0.1) is 0 Å². The third kappa shape index (κ3) is 4.37. The van der Waals surface area contributed by atoms with Gasteiger partial charge in [-0.1, -0.05) is 23.7 Å². The van der Waals surface area contributed by atoms with E-state index in [0.717, 1.165) is 4.31 Å². The number of Topliss-reactive ketones (excluding diaryl/α,β-unsaturated/α-hetero) is 1.